The van der Waals surface area contributed by atoms with Gasteiger partial charge in [0.25, 0.3) is 5.91 Å². The van der Waals surface area contributed by atoms with Gasteiger partial charge in [-0.25, -0.2) is 0 Å². The van der Waals surface area contributed by atoms with Gasteiger partial charge in [-0.05, 0) is 99.7 Å². The Bertz CT molecular complexity index is 1270. The van der Waals surface area contributed by atoms with Gasteiger partial charge < -0.3 is 14.8 Å². The summed E-state index contributed by atoms with van der Waals surface area (Å²) in [4.78, 5) is 16.3. The fourth-order valence-corrected chi connectivity index (χ4v) is 8.87. The standard InChI is InChI=1S/C32H37ClN2O2S/c1-22-18-23(2)20-26(19-22)31(36)35(3)21-25(24-8-11-27(33)12-9-24)10-13-30-32(14-16-34-17-15-32)28-6-4-5-7-29(28)38(30)37/h4-9,11-12,18-20,25,30,34H,10,13-17,21H2,1-3H3/t25-,30?,38?/m1/s1. The number of nitrogens with one attached hydrogen (secondary N) is 1. The van der Waals surface area contributed by atoms with Crippen LogP contribution in [-0.4, -0.2) is 47.3 Å². The summed E-state index contributed by atoms with van der Waals surface area (Å²) < 4.78 is 13.9. The average molecular weight is 549 g/mol. The maximum Gasteiger partial charge on any atom is 0.253 e. The molecule has 0 aromatic heterocycles. The van der Waals surface area contributed by atoms with Crippen LogP contribution in [0.25, 0.3) is 0 Å². The first-order chi connectivity index (χ1) is 18.3. The van der Waals surface area contributed by atoms with E-state index in [1.807, 2.05) is 56.1 Å². The zero-order valence-corrected chi connectivity index (χ0v) is 24.1. The number of piperidine rings is 1. The zero-order chi connectivity index (χ0) is 26.9. The van der Waals surface area contributed by atoms with Crippen molar-refractivity contribution in [3.63, 3.8) is 0 Å². The van der Waals surface area contributed by atoms with Gasteiger partial charge >= 0.3 is 0 Å². The van der Waals surface area contributed by atoms with Crippen molar-refractivity contribution in [2.75, 3.05) is 26.7 Å². The summed E-state index contributed by atoms with van der Waals surface area (Å²) >= 11 is 5.19. The van der Waals surface area contributed by atoms with Crippen molar-refractivity contribution in [1.29, 1.82) is 0 Å². The molecule has 200 valence electrons. The fourth-order valence-electron chi connectivity index (χ4n) is 6.62. The van der Waals surface area contributed by atoms with Gasteiger partial charge in [0.1, 0.15) is 5.25 Å². The lowest BCUT2D eigenvalue weighted by atomic mass is 9.69. The molecule has 3 aromatic rings. The molecule has 2 heterocycles. The van der Waals surface area contributed by atoms with Gasteiger partial charge in [-0.1, -0.05) is 59.1 Å². The van der Waals surface area contributed by atoms with Gasteiger partial charge in [0, 0.05) is 35.7 Å². The molecule has 0 radical (unpaired) electrons. The average Bonchev–Trinajstić information content (AvgIpc) is 3.13. The molecule has 0 aliphatic carbocycles. The second-order valence-corrected chi connectivity index (χ2v) is 13.1. The summed E-state index contributed by atoms with van der Waals surface area (Å²) in [5, 5.41) is 4.29. The summed E-state index contributed by atoms with van der Waals surface area (Å²) in [5.74, 6) is 0.147. The molecule has 1 fully saturated rings. The smallest absolute Gasteiger partial charge is 0.253 e. The van der Waals surface area contributed by atoms with Crippen LogP contribution in [0.2, 0.25) is 5.02 Å². The molecule has 2 aliphatic rings. The van der Waals surface area contributed by atoms with Crippen LogP contribution in [0.3, 0.4) is 0 Å². The minimum absolute atomic E-state index is 0.0300. The number of amides is 1. The molecule has 38 heavy (non-hydrogen) atoms. The molecular formula is C32H37ClN2O2S. The molecule has 3 atom stereocenters. The second kappa shape index (κ2) is 11.4. The summed E-state index contributed by atoms with van der Waals surface area (Å²) in [6, 6.07) is 22.4. The highest BCUT2D eigenvalue weighted by molar-refractivity contribution is 7.92. The Morgan fingerprint density at radius 2 is 1.74 bits per heavy atom. The number of rotatable bonds is 7. The van der Waals surface area contributed by atoms with Gasteiger partial charge in [-0.3, -0.25) is 4.79 Å². The summed E-state index contributed by atoms with van der Waals surface area (Å²) in [5.41, 5.74) is 5.31. The number of benzene rings is 3. The lowest BCUT2D eigenvalue weighted by molar-refractivity contribution is 0.0783. The largest absolute Gasteiger partial charge is 0.611 e. The maximum atomic E-state index is 13.9. The van der Waals surface area contributed by atoms with Gasteiger partial charge in [-0.15, -0.1) is 0 Å². The predicted octanol–water partition coefficient (Wildman–Crippen LogP) is 6.40. The second-order valence-electron chi connectivity index (χ2n) is 11.1. The normalized spacial score (nSPS) is 20.8. The highest BCUT2D eigenvalue weighted by Gasteiger charge is 2.55. The molecule has 5 rings (SSSR count). The molecule has 0 saturated carbocycles. The van der Waals surface area contributed by atoms with E-state index in [2.05, 4.69) is 41.7 Å². The molecule has 6 heteroatoms. The van der Waals surface area contributed by atoms with Crippen molar-refractivity contribution in [3.8, 4) is 0 Å². The third-order valence-electron chi connectivity index (χ3n) is 8.44. The van der Waals surface area contributed by atoms with E-state index < -0.39 is 11.2 Å². The van der Waals surface area contributed by atoms with Gasteiger partial charge in [-0.2, -0.15) is 0 Å². The SMILES string of the molecule is Cc1cc(C)cc(C(=O)N(C)C[C@@H](CCC2[S+]([O-])c3ccccc3C23CCNCC3)c2ccc(Cl)cc2)c1. The number of carbonyl (C=O) groups is 1. The van der Waals surface area contributed by atoms with Gasteiger partial charge in [0.15, 0.2) is 4.90 Å². The number of aryl methyl sites for hydroxylation is 2. The predicted molar refractivity (Wildman–Crippen MR) is 157 cm³/mol. The molecule has 4 nitrogen and oxygen atoms in total. The zero-order valence-electron chi connectivity index (χ0n) is 22.5. The lowest BCUT2D eigenvalue weighted by Gasteiger charge is -2.38. The Hall–Kier alpha value is -2.31. The van der Waals surface area contributed by atoms with E-state index in [1.165, 1.54) is 5.56 Å². The van der Waals surface area contributed by atoms with E-state index in [4.69, 9.17) is 11.6 Å². The highest BCUT2D eigenvalue weighted by Crippen LogP contribution is 2.52. The fraction of sp³-hybridized carbons (Fsp3) is 0.406. The summed E-state index contributed by atoms with van der Waals surface area (Å²) in [6.07, 6.45) is 3.72. The van der Waals surface area contributed by atoms with E-state index in [0.29, 0.717) is 11.6 Å². The first kappa shape index (κ1) is 27.3. The number of hydrogen-bond donors (Lipinski definition) is 1. The Kier molecular flexibility index (Phi) is 8.20. The van der Waals surface area contributed by atoms with Crippen LogP contribution in [0.1, 0.15) is 64.2 Å². The highest BCUT2D eigenvalue weighted by atomic mass is 35.5. The lowest BCUT2D eigenvalue weighted by Crippen LogP contribution is -2.47. The number of likely N-dealkylation sites (N-methyl/N-ethyl adjacent to an activating group) is 1. The number of halogens is 1. The van der Waals surface area contributed by atoms with E-state index >= 15 is 0 Å². The van der Waals surface area contributed by atoms with Crippen molar-refractivity contribution in [3.05, 3.63) is 99.6 Å². The van der Waals surface area contributed by atoms with Crippen LogP contribution < -0.4 is 5.32 Å². The molecular weight excluding hydrogens is 512 g/mol. The van der Waals surface area contributed by atoms with E-state index in [9.17, 15) is 9.35 Å². The number of carbonyl (C=O) groups excluding carboxylic acids is 1. The molecule has 1 spiro atoms. The minimum Gasteiger partial charge on any atom is -0.611 e. The molecule has 2 aliphatic heterocycles. The third-order valence-corrected chi connectivity index (χ3v) is 10.7. The molecule has 2 unspecified atom stereocenters. The Labute approximate surface area is 235 Å². The first-order valence-electron chi connectivity index (χ1n) is 13.6. The Balaban J connectivity index is 1.39. The Morgan fingerprint density at radius 1 is 1.08 bits per heavy atom. The molecule has 1 amide bonds. The van der Waals surface area contributed by atoms with Crippen molar-refractivity contribution < 1.29 is 9.35 Å². The van der Waals surface area contributed by atoms with Crippen LogP contribution in [0.5, 0.6) is 0 Å². The van der Waals surface area contributed by atoms with Crippen LogP contribution in [-0.2, 0) is 16.6 Å². The van der Waals surface area contributed by atoms with Crippen molar-refractivity contribution in [2.24, 2.45) is 0 Å². The first-order valence-corrected chi connectivity index (χ1v) is 15.2. The molecule has 0 bridgehead atoms. The maximum absolute atomic E-state index is 13.9. The minimum atomic E-state index is -1.03. The van der Waals surface area contributed by atoms with E-state index in [0.717, 1.165) is 65.9 Å². The van der Waals surface area contributed by atoms with Crippen LogP contribution in [0.15, 0.2) is 71.6 Å². The van der Waals surface area contributed by atoms with Gasteiger partial charge in [0.05, 0.1) is 5.41 Å². The number of fused-ring (bicyclic) bond motifs is 2. The van der Waals surface area contributed by atoms with E-state index in [-0.39, 0.29) is 22.5 Å². The molecule has 1 saturated heterocycles. The van der Waals surface area contributed by atoms with Crippen LogP contribution in [0, 0.1) is 13.8 Å². The number of hydrogen-bond acceptors (Lipinski definition) is 3. The monoisotopic (exact) mass is 548 g/mol. The Morgan fingerprint density at radius 3 is 2.42 bits per heavy atom. The quantitative estimate of drug-likeness (QED) is 0.347. The summed E-state index contributed by atoms with van der Waals surface area (Å²) in [6.45, 7) is 6.55. The topological polar surface area (TPSA) is 55.4 Å². The van der Waals surface area contributed by atoms with Crippen LogP contribution >= 0.6 is 11.6 Å². The molecule has 3 aromatic carbocycles. The van der Waals surface area contributed by atoms with E-state index in [1.54, 1.807) is 0 Å². The van der Waals surface area contributed by atoms with Crippen molar-refractivity contribution in [1.82, 2.24) is 10.2 Å². The van der Waals surface area contributed by atoms with Crippen LogP contribution in [0.4, 0.5) is 0 Å². The van der Waals surface area contributed by atoms with Crippen molar-refractivity contribution >= 4 is 28.7 Å². The number of nitrogens with zero attached hydrogens (tertiary/aromatic N) is 1. The molecule has 1 N–H and O–H groups in total. The van der Waals surface area contributed by atoms with Gasteiger partial charge in [0.2, 0.25) is 0 Å². The van der Waals surface area contributed by atoms with Crippen molar-refractivity contribution in [2.45, 2.75) is 61.0 Å². The summed E-state index contributed by atoms with van der Waals surface area (Å²) in [7, 11) is 1.89. The third kappa shape index (κ3) is 5.40.